The van der Waals surface area contributed by atoms with E-state index < -0.39 is 5.72 Å². The van der Waals surface area contributed by atoms with Crippen LogP contribution in [0.25, 0.3) is 5.70 Å². The lowest BCUT2D eigenvalue weighted by atomic mass is 9.68. The molecule has 4 aliphatic rings. The van der Waals surface area contributed by atoms with Crippen LogP contribution in [0.3, 0.4) is 0 Å². The maximum Gasteiger partial charge on any atom is 0.217 e. The summed E-state index contributed by atoms with van der Waals surface area (Å²) in [5.41, 5.74) is 9.49. The quantitative estimate of drug-likeness (QED) is 0.472. The minimum Gasteiger partial charge on any atom is -0.461 e. The standard InChI is InChI=1S/C27H23NO/c1-3-9-22-18(7-1)13-14-20-17-21-16-15-19-8-2-4-10-23(19)27(21)28(26(20)22)24-11-5-6-12-25(24)29-27/h1-12,21H,13-17H2/t21-,27+/m1/s1. The van der Waals surface area contributed by atoms with Crippen LogP contribution in [-0.2, 0) is 18.6 Å². The fourth-order valence-electron chi connectivity index (χ4n) is 6.26. The van der Waals surface area contributed by atoms with Gasteiger partial charge in [-0.05, 0) is 60.9 Å². The van der Waals surface area contributed by atoms with E-state index in [0.29, 0.717) is 5.92 Å². The lowest BCUT2D eigenvalue weighted by Crippen LogP contribution is -2.56. The highest BCUT2D eigenvalue weighted by molar-refractivity contribution is 5.90. The topological polar surface area (TPSA) is 12.5 Å². The predicted molar refractivity (Wildman–Crippen MR) is 116 cm³/mol. The van der Waals surface area contributed by atoms with Crippen LogP contribution in [0.15, 0.2) is 78.4 Å². The molecular formula is C27H23NO. The van der Waals surface area contributed by atoms with Gasteiger partial charge in [0, 0.05) is 17.0 Å². The van der Waals surface area contributed by atoms with E-state index in [1.54, 1.807) is 5.57 Å². The Morgan fingerprint density at radius 2 is 1.59 bits per heavy atom. The average molecular weight is 377 g/mol. The van der Waals surface area contributed by atoms with Crippen LogP contribution in [0.4, 0.5) is 5.69 Å². The monoisotopic (exact) mass is 377 g/mol. The van der Waals surface area contributed by atoms with Crippen molar-refractivity contribution >= 4 is 11.4 Å². The van der Waals surface area contributed by atoms with Crippen molar-refractivity contribution in [1.29, 1.82) is 0 Å². The molecular weight excluding hydrogens is 354 g/mol. The van der Waals surface area contributed by atoms with E-state index in [9.17, 15) is 0 Å². The van der Waals surface area contributed by atoms with Gasteiger partial charge >= 0.3 is 0 Å². The van der Waals surface area contributed by atoms with Crippen LogP contribution in [0.1, 0.15) is 41.5 Å². The number of benzene rings is 3. The molecule has 2 nitrogen and oxygen atoms in total. The Kier molecular flexibility index (Phi) is 3.03. The van der Waals surface area contributed by atoms with E-state index in [1.807, 2.05) is 0 Å². The Labute approximate surface area is 171 Å². The number of rotatable bonds is 0. The van der Waals surface area contributed by atoms with Crippen LogP contribution in [-0.4, -0.2) is 0 Å². The van der Waals surface area contributed by atoms with Gasteiger partial charge in [0.25, 0.3) is 0 Å². The maximum atomic E-state index is 6.98. The smallest absolute Gasteiger partial charge is 0.217 e. The van der Waals surface area contributed by atoms with Gasteiger partial charge in [0.05, 0.1) is 11.4 Å². The molecule has 2 atom stereocenters. The Bertz CT molecular complexity index is 1190. The van der Waals surface area contributed by atoms with Crippen molar-refractivity contribution in [2.45, 2.75) is 37.8 Å². The zero-order valence-electron chi connectivity index (χ0n) is 16.4. The molecule has 2 aliphatic carbocycles. The van der Waals surface area contributed by atoms with Crippen LogP contribution in [0, 0.1) is 5.92 Å². The van der Waals surface area contributed by atoms with E-state index in [2.05, 4.69) is 77.7 Å². The van der Waals surface area contributed by atoms with E-state index in [-0.39, 0.29) is 0 Å². The van der Waals surface area contributed by atoms with Crippen molar-refractivity contribution in [2.75, 3.05) is 4.90 Å². The summed E-state index contributed by atoms with van der Waals surface area (Å²) in [5.74, 6) is 1.50. The third kappa shape index (κ3) is 1.92. The van der Waals surface area contributed by atoms with Crippen molar-refractivity contribution in [3.8, 4) is 5.75 Å². The minimum absolute atomic E-state index is 0.415. The number of ether oxygens (including phenoxy) is 1. The van der Waals surface area contributed by atoms with Crippen molar-refractivity contribution in [3.05, 3.63) is 101 Å². The average Bonchev–Trinajstić information content (AvgIpc) is 3.13. The molecule has 2 aliphatic heterocycles. The number of fused-ring (bicyclic) bond motifs is 6. The van der Waals surface area contributed by atoms with Gasteiger partial charge in [0.1, 0.15) is 5.75 Å². The molecule has 0 radical (unpaired) electrons. The number of hydrogen-bond donors (Lipinski definition) is 0. The van der Waals surface area contributed by atoms with Crippen molar-refractivity contribution < 1.29 is 4.74 Å². The van der Waals surface area contributed by atoms with Crippen LogP contribution in [0.5, 0.6) is 5.75 Å². The van der Waals surface area contributed by atoms with Crippen LogP contribution >= 0.6 is 0 Å². The van der Waals surface area contributed by atoms with Gasteiger partial charge in [0.2, 0.25) is 5.72 Å². The molecule has 0 amide bonds. The zero-order chi connectivity index (χ0) is 19.0. The molecule has 29 heavy (non-hydrogen) atoms. The minimum atomic E-state index is -0.415. The summed E-state index contributed by atoms with van der Waals surface area (Å²) in [6.45, 7) is 0. The molecule has 0 unspecified atom stereocenters. The van der Waals surface area contributed by atoms with Crippen molar-refractivity contribution in [1.82, 2.24) is 0 Å². The first-order valence-corrected chi connectivity index (χ1v) is 10.8. The summed E-state index contributed by atoms with van der Waals surface area (Å²) in [6.07, 6.45) is 5.79. The summed E-state index contributed by atoms with van der Waals surface area (Å²) >= 11 is 0. The Morgan fingerprint density at radius 1 is 0.793 bits per heavy atom. The summed E-state index contributed by atoms with van der Waals surface area (Å²) < 4.78 is 6.98. The highest BCUT2D eigenvalue weighted by Crippen LogP contribution is 2.62. The molecule has 2 heteroatoms. The molecule has 3 aromatic carbocycles. The first-order chi connectivity index (χ1) is 14.4. The van der Waals surface area contributed by atoms with E-state index in [4.69, 9.17) is 4.74 Å². The first kappa shape index (κ1) is 15.9. The fraction of sp³-hybridized carbons (Fsp3) is 0.259. The number of allylic oxidation sites excluding steroid dienone is 1. The van der Waals surface area contributed by atoms with E-state index >= 15 is 0 Å². The summed E-state index contributed by atoms with van der Waals surface area (Å²) in [7, 11) is 0. The van der Waals surface area contributed by atoms with Gasteiger partial charge in [-0.25, -0.2) is 0 Å². The summed E-state index contributed by atoms with van der Waals surface area (Å²) in [5, 5.41) is 0. The third-order valence-electron chi connectivity index (χ3n) is 7.44. The second kappa shape index (κ2) is 5.54. The lowest BCUT2D eigenvalue weighted by Gasteiger charge is -2.53. The maximum absolute atomic E-state index is 6.98. The predicted octanol–water partition coefficient (Wildman–Crippen LogP) is 6.06. The Morgan fingerprint density at radius 3 is 2.55 bits per heavy atom. The van der Waals surface area contributed by atoms with Gasteiger partial charge in [-0.1, -0.05) is 60.7 Å². The van der Waals surface area contributed by atoms with Gasteiger partial charge in [-0.15, -0.1) is 0 Å². The lowest BCUT2D eigenvalue weighted by molar-refractivity contribution is 0.0104. The molecule has 0 N–H and O–H groups in total. The van der Waals surface area contributed by atoms with Gasteiger partial charge < -0.3 is 4.74 Å². The Hall–Kier alpha value is -3.00. The van der Waals surface area contributed by atoms with Crippen molar-refractivity contribution in [2.24, 2.45) is 5.92 Å². The van der Waals surface area contributed by atoms with Crippen LogP contribution in [0.2, 0.25) is 0 Å². The molecule has 0 aromatic heterocycles. The molecule has 7 rings (SSSR count). The highest BCUT2D eigenvalue weighted by Gasteiger charge is 2.59. The molecule has 0 bridgehead atoms. The number of hydrogen-bond acceptors (Lipinski definition) is 2. The van der Waals surface area contributed by atoms with E-state index in [1.165, 1.54) is 46.5 Å². The summed E-state index contributed by atoms with van der Waals surface area (Å²) in [6, 6.07) is 26.6. The number of para-hydroxylation sites is 2. The van der Waals surface area contributed by atoms with Crippen molar-refractivity contribution in [3.63, 3.8) is 0 Å². The van der Waals surface area contributed by atoms with E-state index in [0.717, 1.165) is 25.0 Å². The molecule has 0 saturated carbocycles. The highest BCUT2D eigenvalue weighted by atomic mass is 16.5. The molecule has 0 saturated heterocycles. The molecule has 1 spiro atoms. The number of nitrogens with zero attached hydrogens (tertiary/aromatic N) is 1. The van der Waals surface area contributed by atoms with Gasteiger partial charge in [-0.3, -0.25) is 4.90 Å². The third-order valence-corrected chi connectivity index (χ3v) is 7.44. The van der Waals surface area contributed by atoms with Crippen LogP contribution < -0.4 is 9.64 Å². The van der Waals surface area contributed by atoms with Gasteiger partial charge in [0.15, 0.2) is 0 Å². The molecule has 142 valence electrons. The second-order valence-electron chi connectivity index (χ2n) is 8.81. The number of anilines is 1. The van der Waals surface area contributed by atoms with Gasteiger partial charge in [-0.2, -0.15) is 0 Å². The normalized spacial score (nSPS) is 25.8. The molecule has 3 aromatic rings. The second-order valence-corrected chi connectivity index (χ2v) is 8.81. The zero-order valence-corrected chi connectivity index (χ0v) is 16.4. The molecule has 0 fully saturated rings. The largest absolute Gasteiger partial charge is 0.461 e. The summed E-state index contributed by atoms with van der Waals surface area (Å²) in [4.78, 5) is 2.59. The first-order valence-electron chi connectivity index (χ1n) is 10.8. The Balaban J connectivity index is 1.57. The number of aryl methyl sites for hydroxylation is 2. The molecule has 2 heterocycles. The fourth-order valence-corrected chi connectivity index (χ4v) is 6.26. The SMILES string of the molecule is c1ccc2c(c1)CCC1=C2N2c3ccccc3O[C@@]23c2ccccc2CC[C@@H]3C1.